The molecule has 0 atom stereocenters. The summed E-state index contributed by atoms with van der Waals surface area (Å²) in [6, 6.07) is 11.3. The number of pyridine rings is 1. The lowest BCUT2D eigenvalue weighted by molar-refractivity contribution is -0.123. The van der Waals surface area contributed by atoms with E-state index in [9.17, 15) is 14.4 Å². The van der Waals surface area contributed by atoms with E-state index < -0.39 is 24.5 Å². The van der Waals surface area contributed by atoms with Gasteiger partial charge in [0.05, 0.1) is 17.3 Å². The molecule has 0 aliphatic carbocycles. The van der Waals surface area contributed by atoms with E-state index in [2.05, 4.69) is 22.2 Å². The molecule has 1 aromatic carbocycles. The molecule has 2 aromatic heterocycles. The molecule has 8 nitrogen and oxygen atoms in total. The third-order valence-electron chi connectivity index (χ3n) is 3.70. The van der Waals surface area contributed by atoms with Gasteiger partial charge in [0.1, 0.15) is 5.69 Å². The molecule has 142 valence electrons. The number of fused-ring (bicyclic) bond motifs is 1. The monoisotopic (exact) mass is 379 g/mol. The van der Waals surface area contributed by atoms with Gasteiger partial charge >= 0.3 is 12.0 Å². The molecule has 8 heteroatoms. The molecule has 0 radical (unpaired) electrons. The topological polar surface area (TPSA) is 111 Å². The van der Waals surface area contributed by atoms with Crippen LogP contribution in [0.2, 0.25) is 0 Å². The first-order chi connectivity index (χ1) is 13.6. The summed E-state index contributed by atoms with van der Waals surface area (Å²) < 4.78 is 10.4. The molecule has 0 fully saturated rings. The molecule has 0 bridgehead atoms. The van der Waals surface area contributed by atoms with Gasteiger partial charge in [-0.05, 0) is 24.3 Å². The van der Waals surface area contributed by atoms with Crippen LogP contribution in [0.15, 0.2) is 65.8 Å². The molecule has 2 N–H and O–H groups in total. The zero-order chi connectivity index (χ0) is 19.9. The zero-order valence-electron chi connectivity index (χ0n) is 14.8. The van der Waals surface area contributed by atoms with Crippen LogP contribution in [0.5, 0.6) is 0 Å². The number of ether oxygens (including phenoxy) is 1. The van der Waals surface area contributed by atoms with Gasteiger partial charge in [-0.15, -0.1) is 6.58 Å². The first kappa shape index (κ1) is 18.8. The number of esters is 1. The van der Waals surface area contributed by atoms with Gasteiger partial charge in [-0.3, -0.25) is 10.1 Å². The molecule has 0 saturated heterocycles. The maximum atomic E-state index is 12.6. The van der Waals surface area contributed by atoms with Crippen molar-refractivity contribution in [1.82, 2.24) is 15.6 Å². The summed E-state index contributed by atoms with van der Waals surface area (Å²) in [4.78, 5) is 40.2. The van der Waals surface area contributed by atoms with Crippen LogP contribution in [0.25, 0.3) is 22.4 Å². The lowest BCUT2D eigenvalue weighted by Crippen LogP contribution is -2.41. The van der Waals surface area contributed by atoms with Crippen molar-refractivity contribution in [2.45, 2.75) is 0 Å². The quantitative estimate of drug-likeness (QED) is 0.503. The van der Waals surface area contributed by atoms with Gasteiger partial charge in [0.15, 0.2) is 12.4 Å². The fourth-order valence-corrected chi connectivity index (χ4v) is 2.48. The number of rotatable bonds is 6. The minimum Gasteiger partial charge on any atom is -0.463 e. The largest absolute Gasteiger partial charge is 0.463 e. The molecule has 0 spiro atoms. The van der Waals surface area contributed by atoms with Crippen molar-refractivity contribution in [3.8, 4) is 11.5 Å². The SMILES string of the molecule is C=CCNC(=O)NC(=O)COC(=O)c1cc(-c2ccco2)nc2ccccc12. The normalized spacial score (nSPS) is 10.3. The number of carbonyl (C=O) groups is 3. The van der Waals surface area contributed by atoms with Crippen molar-refractivity contribution in [2.24, 2.45) is 0 Å². The van der Waals surface area contributed by atoms with Crippen LogP contribution in [-0.2, 0) is 9.53 Å². The van der Waals surface area contributed by atoms with Crippen LogP contribution in [0.3, 0.4) is 0 Å². The van der Waals surface area contributed by atoms with Gasteiger partial charge in [0, 0.05) is 11.9 Å². The lowest BCUT2D eigenvalue weighted by atomic mass is 10.1. The Labute approximate surface area is 160 Å². The van der Waals surface area contributed by atoms with Crippen molar-refractivity contribution in [1.29, 1.82) is 0 Å². The smallest absolute Gasteiger partial charge is 0.339 e. The number of hydrogen-bond donors (Lipinski definition) is 2. The van der Waals surface area contributed by atoms with Crippen molar-refractivity contribution in [2.75, 3.05) is 13.2 Å². The van der Waals surface area contributed by atoms with E-state index in [0.717, 1.165) is 0 Å². The van der Waals surface area contributed by atoms with Crippen molar-refractivity contribution in [3.05, 3.63) is 66.9 Å². The number of para-hydroxylation sites is 1. The second kappa shape index (κ2) is 8.63. The molecule has 2 heterocycles. The third kappa shape index (κ3) is 4.42. The number of hydrogen-bond acceptors (Lipinski definition) is 6. The third-order valence-corrected chi connectivity index (χ3v) is 3.70. The van der Waals surface area contributed by atoms with Gasteiger partial charge in [0.25, 0.3) is 5.91 Å². The second-order valence-corrected chi connectivity index (χ2v) is 5.67. The van der Waals surface area contributed by atoms with Gasteiger partial charge in [0.2, 0.25) is 0 Å². The Hall–Kier alpha value is -3.94. The summed E-state index contributed by atoms with van der Waals surface area (Å²) in [7, 11) is 0. The highest BCUT2D eigenvalue weighted by Crippen LogP contribution is 2.25. The second-order valence-electron chi connectivity index (χ2n) is 5.67. The summed E-state index contributed by atoms with van der Waals surface area (Å²) in [5.74, 6) is -0.968. The van der Waals surface area contributed by atoms with Gasteiger partial charge in [-0.25, -0.2) is 14.6 Å². The van der Waals surface area contributed by atoms with Crippen LogP contribution in [0.4, 0.5) is 4.79 Å². The molecule has 0 unspecified atom stereocenters. The summed E-state index contributed by atoms with van der Waals surface area (Å²) >= 11 is 0. The van der Waals surface area contributed by atoms with E-state index in [4.69, 9.17) is 9.15 Å². The van der Waals surface area contributed by atoms with E-state index in [1.807, 2.05) is 0 Å². The van der Waals surface area contributed by atoms with E-state index >= 15 is 0 Å². The number of imide groups is 1. The first-order valence-electron chi connectivity index (χ1n) is 8.38. The number of carbonyl (C=O) groups excluding carboxylic acids is 3. The summed E-state index contributed by atoms with van der Waals surface area (Å²) in [5, 5.41) is 5.01. The van der Waals surface area contributed by atoms with E-state index in [-0.39, 0.29) is 12.1 Å². The summed E-state index contributed by atoms with van der Waals surface area (Å²) in [6.45, 7) is 3.05. The Bertz CT molecular complexity index is 1030. The fraction of sp³-hybridized carbons (Fsp3) is 0.100. The first-order valence-corrected chi connectivity index (χ1v) is 8.38. The molecule has 3 aromatic rings. The number of nitrogens with zero attached hydrogens (tertiary/aromatic N) is 1. The molecule has 0 saturated carbocycles. The Kier molecular flexibility index (Phi) is 5.81. The number of aromatic nitrogens is 1. The van der Waals surface area contributed by atoms with Gasteiger partial charge in [-0.2, -0.15) is 0 Å². The molecule has 3 amide bonds. The number of nitrogens with one attached hydrogen (secondary N) is 2. The number of urea groups is 1. The average Bonchev–Trinajstić information content (AvgIpc) is 3.24. The highest BCUT2D eigenvalue weighted by Gasteiger charge is 2.18. The number of amides is 3. The molecule has 0 aliphatic rings. The van der Waals surface area contributed by atoms with Gasteiger partial charge < -0.3 is 14.5 Å². The lowest BCUT2D eigenvalue weighted by Gasteiger charge is -2.09. The average molecular weight is 379 g/mol. The minimum absolute atomic E-state index is 0.206. The predicted molar refractivity (Wildman–Crippen MR) is 101 cm³/mol. The molecule has 3 rings (SSSR count). The number of benzene rings is 1. The Morgan fingerprint density at radius 2 is 2.00 bits per heavy atom. The molecular formula is C20H17N3O5. The Balaban J connectivity index is 1.76. The Morgan fingerprint density at radius 1 is 1.18 bits per heavy atom. The van der Waals surface area contributed by atoms with Crippen molar-refractivity contribution >= 4 is 28.8 Å². The summed E-state index contributed by atoms with van der Waals surface area (Å²) in [6.07, 6.45) is 2.97. The molecule has 0 aliphatic heterocycles. The minimum atomic E-state index is -0.750. The predicted octanol–water partition coefficient (Wildman–Crippen LogP) is 2.66. The van der Waals surface area contributed by atoms with Crippen molar-refractivity contribution in [3.63, 3.8) is 0 Å². The maximum absolute atomic E-state index is 12.6. The van der Waals surface area contributed by atoms with Crippen LogP contribution in [0.1, 0.15) is 10.4 Å². The van der Waals surface area contributed by atoms with Crippen LogP contribution in [0, 0.1) is 0 Å². The van der Waals surface area contributed by atoms with Crippen LogP contribution in [-0.4, -0.2) is 36.0 Å². The van der Waals surface area contributed by atoms with E-state index in [0.29, 0.717) is 22.4 Å². The van der Waals surface area contributed by atoms with Crippen LogP contribution >= 0.6 is 0 Å². The van der Waals surface area contributed by atoms with Crippen molar-refractivity contribution < 1.29 is 23.5 Å². The standard InChI is InChI=1S/C20H17N3O5/c1-2-9-21-20(26)23-18(24)12-28-19(25)14-11-16(17-8-5-10-27-17)22-15-7-4-3-6-13(14)15/h2-8,10-11H,1,9,12H2,(H2,21,23,24,26). The number of furan rings is 1. The van der Waals surface area contributed by atoms with E-state index in [1.165, 1.54) is 18.4 Å². The highest BCUT2D eigenvalue weighted by atomic mass is 16.5. The molecule has 28 heavy (non-hydrogen) atoms. The molecular weight excluding hydrogens is 362 g/mol. The van der Waals surface area contributed by atoms with Gasteiger partial charge in [-0.1, -0.05) is 24.3 Å². The van der Waals surface area contributed by atoms with Crippen LogP contribution < -0.4 is 10.6 Å². The van der Waals surface area contributed by atoms with E-state index in [1.54, 1.807) is 36.4 Å². The summed E-state index contributed by atoms with van der Waals surface area (Å²) in [5.41, 5.74) is 1.28. The highest BCUT2D eigenvalue weighted by molar-refractivity contribution is 6.05. The fourth-order valence-electron chi connectivity index (χ4n) is 2.48. The maximum Gasteiger partial charge on any atom is 0.339 e. The Morgan fingerprint density at radius 3 is 2.75 bits per heavy atom. The zero-order valence-corrected chi connectivity index (χ0v) is 14.8.